The van der Waals surface area contributed by atoms with Crippen LogP contribution in [0.25, 0.3) is 0 Å². The van der Waals surface area contributed by atoms with Crippen molar-refractivity contribution < 1.29 is 9.90 Å². The molecule has 0 saturated carbocycles. The Labute approximate surface area is 77.0 Å². The number of amides is 1. The monoisotopic (exact) mass is 182 g/mol. The first-order valence-corrected chi connectivity index (χ1v) is 4.33. The molecule has 1 atom stereocenters. The van der Waals surface area contributed by atoms with Crippen LogP contribution >= 0.6 is 0 Å². The molecule has 1 heterocycles. The SMILES string of the molecule is CC[C@@H](CO)NC(=O)c1ccc[nH]1. The number of aromatic nitrogens is 1. The molecule has 4 nitrogen and oxygen atoms in total. The molecular formula is C9H14N2O2. The fourth-order valence-corrected chi connectivity index (χ4v) is 1.01. The topological polar surface area (TPSA) is 65.1 Å². The molecule has 0 bridgehead atoms. The van der Waals surface area contributed by atoms with Gasteiger partial charge in [-0.05, 0) is 18.6 Å². The van der Waals surface area contributed by atoms with Crippen molar-refractivity contribution in [2.75, 3.05) is 6.61 Å². The van der Waals surface area contributed by atoms with Crippen LogP contribution in [0.5, 0.6) is 0 Å². The van der Waals surface area contributed by atoms with Gasteiger partial charge >= 0.3 is 0 Å². The van der Waals surface area contributed by atoms with Crippen molar-refractivity contribution in [2.24, 2.45) is 0 Å². The Kier molecular flexibility index (Phi) is 3.52. The second-order valence-electron chi connectivity index (χ2n) is 2.85. The second kappa shape index (κ2) is 4.67. The van der Waals surface area contributed by atoms with Crippen LogP contribution in [0, 0.1) is 0 Å². The number of H-pyrrole nitrogens is 1. The Morgan fingerprint density at radius 2 is 2.54 bits per heavy atom. The number of aliphatic hydroxyl groups is 1. The minimum absolute atomic E-state index is 0.0249. The Morgan fingerprint density at radius 3 is 3.00 bits per heavy atom. The summed E-state index contributed by atoms with van der Waals surface area (Å²) >= 11 is 0. The van der Waals surface area contributed by atoms with Gasteiger partial charge in [-0.1, -0.05) is 6.92 Å². The molecule has 13 heavy (non-hydrogen) atoms. The Morgan fingerprint density at radius 1 is 1.77 bits per heavy atom. The van der Waals surface area contributed by atoms with Crippen LogP contribution in [-0.2, 0) is 0 Å². The van der Waals surface area contributed by atoms with Crippen molar-refractivity contribution in [3.8, 4) is 0 Å². The molecule has 1 rings (SSSR count). The Balaban J connectivity index is 2.50. The van der Waals surface area contributed by atoms with Gasteiger partial charge in [0.15, 0.2) is 0 Å². The maximum atomic E-state index is 11.4. The van der Waals surface area contributed by atoms with E-state index in [0.29, 0.717) is 5.69 Å². The van der Waals surface area contributed by atoms with Crippen LogP contribution in [0.15, 0.2) is 18.3 Å². The quantitative estimate of drug-likeness (QED) is 0.635. The van der Waals surface area contributed by atoms with E-state index in [2.05, 4.69) is 10.3 Å². The third-order valence-electron chi connectivity index (χ3n) is 1.89. The van der Waals surface area contributed by atoms with E-state index in [9.17, 15) is 4.79 Å². The third kappa shape index (κ3) is 2.59. The maximum Gasteiger partial charge on any atom is 0.267 e. The highest BCUT2D eigenvalue weighted by Crippen LogP contribution is 1.96. The summed E-state index contributed by atoms with van der Waals surface area (Å²) in [4.78, 5) is 14.2. The molecule has 0 unspecified atom stereocenters. The van der Waals surface area contributed by atoms with Crippen molar-refractivity contribution in [1.82, 2.24) is 10.3 Å². The molecule has 1 aromatic rings. The minimum atomic E-state index is -0.175. The van der Waals surface area contributed by atoms with E-state index >= 15 is 0 Å². The van der Waals surface area contributed by atoms with Crippen molar-refractivity contribution in [1.29, 1.82) is 0 Å². The number of aromatic amines is 1. The van der Waals surface area contributed by atoms with Crippen molar-refractivity contribution in [3.05, 3.63) is 24.0 Å². The highest BCUT2D eigenvalue weighted by atomic mass is 16.3. The first-order chi connectivity index (χ1) is 6.27. The lowest BCUT2D eigenvalue weighted by Gasteiger charge is -2.12. The number of rotatable bonds is 4. The van der Waals surface area contributed by atoms with Gasteiger partial charge in [0.2, 0.25) is 0 Å². The van der Waals surface area contributed by atoms with Crippen LogP contribution in [0.2, 0.25) is 0 Å². The number of hydrogen-bond donors (Lipinski definition) is 3. The average Bonchev–Trinajstić information content (AvgIpc) is 2.66. The summed E-state index contributed by atoms with van der Waals surface area (Å²) in [6.07, 6.45) is 2.41. The average molecular weight is 182 g/mol. The Bertz CT molecular complexity index is 253. The van der Waals surface area contributed by atoms with Gasteiger partial charge in [0.1, 0.15) is 5.69 Å². The largest absolute Gasteiger partial charge is 0.394 e. The zero-order valence-corrected chi connectivity index (χ0v) is 7.58. The molecule has 0 aliphatic heterocycles. The standard InChI is InChI=1S/C9H14N2O2/c1-2-7(6-12)11-9(13)8-4-3-5-10-8/h3-5,7,10,12H,2,6H2,1H3,(H,11,13)/t7-/m0/s1. The van der Waals surface area contributed by atoms with Gasteiger partial charge in [-0.2, -0.15) is 0 Å². The molecule has 1 aromatic heterocycles. The number of carbonyl (C=O) groups is 1. The summed E-state index contributed by atoms with van der Waals surface area (Å²) in [5.74, 6) is -0.175. The minimum Gasteiger partial charge on any atom is -0.394 e. The molecule has 0 aliphatic carbocycles. The van der Waals surface area contributed by atoms with Crippen molar-refractivity contribution >= 4 is 5.91 Å². The lowest BCUT2D eigenvalue weighted by Crippen LogP contribution is -2.37. The van der Waals surface area contributed by atoms with Gasteiger partial charge in [-0.3, -0.25) is 4.79 Å². The van der Waals surface area contributed by atoms with Crippen LogP contribution in [-0.4, -0.2) is 28.6 Å². The molecule has 0 spiro atoms. The summed E-state index contributed by atoms with van der Waals surface area (Å²) in [6, 6.07) is 3.30. The molecule has 72 valence electrons. The number of carbonyl (C=O) groups excluding carboxylic acids is 1. The zero-order valence-electron chi connectivity index (χ0n) is 7.58. The van der Waals surface area contributed by atoms with E-state index in [4.69, 9.17) is 5.11 Å². The molecular weight excluding hydrogens is 168 g/mol. The first-order valence-electron chi connectivity index (χ1n) is 4.33. The van der Waals surface area contributed by atoms with Gasteiger partial charge < -0.3 is 15.4 Å². The van der Waals surface area contributed by atoms with Gasteiger partial charge in [0.25, 0.3) is 5.91 Å². The summed E-state index contributed by atoms with van der Waals surface area (Å²) < 4.78 is 0. The van der Waals surface area contributed by atoms with Crippen LogP contribution in [0.4, 0.5) is 0 Å². The predicted octanol–water partition coefficient (Wildman–Crippen LogP) is 0.515. The number of nitrogens with one attached hydrogen (secondary N) is 2. The van der Waals surface area contributed by atoms with Crippen molar-refractivity contribution in [3.63, 3.8) is 0 Å². The zero-order chi connectivity index (χ0) is 9.68. The maximum absolute atomic E-state index is 11.4. The normalized spacial score (nSPS) is 12.5. The van der Waals surface area contributed by atoms with E-state index < -0.39 is 0 Å². The van der Waals surface area contributed by atoms with Crippen LogP contribution in [0.3, 0.4) is 0 Å². The van der Waals surface area contributed by atoms with E-state index in [-0.39, 0.29) is 18.6 Å². The van der Waals surface area contributed by atoms with Gasteiger partial charge in [0.05, 0.1) is 12.6 Å². The first kappa shape index (κ1) is 9.80. The van der Waals surface area contributed by atoms with Gasteiger partial charge in [0, 0.05) is 6.20 Å². The second-order valence-corrected chi connectivity index (χ2v) is 2.85. The third-order valence-corrected chi connectivity index (χ3v) is 1.89. The number of aliphatic hydroxyl groups excluding tert-OH is 1. The number of hydrogen-bond acceptors (Lipinski definition) is 2. The van der Waals surface area contributed by atoms with E-state index in [1.165, 1.54) is 0 Å². The highest BCUT2D eigenvalue weighted by Gasteiger charge is 2.10. The molecule has 3 N–H and O–H groups in total. The molecule has 1 amide bonds. The van der Waals surface area contributed by atoms with Crippen LogP contribution < -0.4 is 5.32 Å². The summed E-state index contributed by atoms with van der Waals surface area (Å²) in [6.45, 7) is 1.89. The lowest BCUT2D eigenvalue weighted by atomic mass is 10.2. The molecule has 0 saturated heterocycles. The Hall–Kier alpha value is -1.29. The summed E-state index contributed by atoms with van der Waals surface area (Å²) in [5.41, 5.74) is 0.520. The fourth-order valence-electron chi connectivity index (χ4n) is 1.01. The molecule has 0 aromatic carbocycles. The summed E-state index contributed by atoms with van der Waals surface area (Å²) in [5, 5.41) is 11.5. The molecule has 0 radical (unpaired) electrons. The summed E-state index contributed by atoms with van der Waals surface area (Å²) in [7, 11) is 0. The van der Waals surface area contributed by atoms with Gasteiger partial charge in [-0.25, -0.2) is 0 Å². The van der Waals surface area contributed by atoms with E-state index in [1.54, 1.807) is 18.3 Å². The molecule has 0 aliphatic rings. The van der Waals surface area contributed by atoms with E-state index in [1.807, 2.05) is 6.92 Å². The smallest absolute Gasteiger partial charge is 0.267 e. The highest BCUT2D eigenvalue weighted by molar-refractivity contribution is 5.92. The molecule has 0 fully saturated rings. The predicted molar refractivity (Wildman–Crippen MR) is 49.4 cm³/mol. The van der Waals surface area contributed by atoms with E-state index in [0.717, 1.165) is 6.42 Å². The van der Waals surface area contributed by atoms with Crippen LogP contribution in [0.1, 0.15) is 23.8 Å². The molecule has 4 heteroatoms. The lowest BCUT2D eigenvalue weighted by molar-refractivity contribution is 0.0910. The van der Waals surface area contributed by atoms with Gasteiger partial charge in [-0.15, -0.1) is 0 Å². The van der Waals surface area contributed by atoms with Crippen molar-refractivity contribution in [2.45, 2.75) is 19.4 Å². The fraction of sp³-hybridized carbons (Fsp3) is 0.444.